The number of hydrogen-bond acceptors (Lipinski definition) is 6. The van der Waals surface area contributed by atoms with Gasteiger partial charge in [0, 0.05) is 16.2 Å². The van der Waals surface area contributed by atoms with Crippen LogP contribution in [0.3, 0.4) is 0 Å². The highest BCUT2D eigenvalue weighted by atomic mass is 32.2. The van der Waals surface area contributed by atoms with E-state index in [1.165, 1.54) is 46.9 Å². The molecule has 2 aliphatic rings. The Morgan fingerprint density at radius 1 is 1.32 bits per heavy atom. The van der Waals surface area contributed by atoms with E-state index in [2.05, 4.69) is 6.92 Å². The number of carbonyl (C=O) groups is 1. The second kappa shape index (κ2) is 6.88. The highest BCUT2D eigenvalue weighted by Gasteiger charge is 2.30. The largest absolute Gasteiger partial charge is 0.462 e. The molecule has 0 bridgehead atoms. The lowest BCUT2D eigenvalue weighted by molar-refractivity contribution is -0.144. The first-order chi connectivity index (χ1) is 12.0. The van der Waals surface area contributed by atoms with Gasteiger partial charge in [0.25, 0.3) is 0 Å². The number of rotatable bonds is 5. The predicted octanol–water partition coefficient (Wildman–Crippen LogP) is 4.74. The number of aryl methyl sites for hydroxylation is 1. The minimum Gasteiger partial charge on any atom is -0.462 e. The molecule has 2 heterocycles. The molecule has 4 rings (SSSR count). The SMILES string of the molecule is CC(C)OC(=O)CSc1nc(C2CC2)nc2sc3c(c12)CC[C@H](C)C3. The zero-order valence-electron chi connectivity index (χ0n) is 15.0. The van der Waals surface area contributed by atoms with Crippen molar-refractivity contribution in [1.82, 2.24) is 9.97 Å². The van der Waals surface area contributed by atoms with Gasteiger partial charge >= 0.3 is 5.97 Å². The van der Waals surface area contributed by atoms with Crippen LogP contribution in [0.25, 0.3) is 10.2 Å². The zero-order chi connectivity index (χ0) is 17.6. The Kier molecular flexibility index (Phi) is 4.75. The molecule has 1 atom stereocenters. The van der Waals surface area contributed by atoms with E-state index >= 15 is 0 Å². The molecule has 4 nitrogen and oxygen atoms in total. The Hall–Kier alpha value is -1.14. The first-order valence-electron chi connectivity index (χ1n) is 9.15. The van der Waals surface area contributed by atoms with E-state index in [9.17, 15) is 4.79 Å². The van der Waals surface area contributed by atoms with Gasteiger partial charge in [0.2, 0.25) is 0 Å². The van der Waals surface area contributed by atoms with Gasteiger partial charge in [-0.1, -0.05) is 18.7 Å². The minimum atomic E-state index is -0.169. The van der Waals surface area contributed by atoms with E-state index in [0.29, 0.717) is 11.7 Å². The lowest BCUT2D eigenvalue weighted by atomic mass is 9.89. The average Bonchev–Trinajstić information content (AvgIpc) is 3.32. The van der Waals surface area contributed by atoms with Crippen molar-refractivity contribution >= 4 is 39.3 Å². The van der Waals surface area contributed by atoms with Crippen molar-refractivity contribution in [2.75, 3.05) is 5.75 Å². The molecule has 0 unspecified atom stereocenters. The first kappa shape index (κ1) is 17.3. The third-order valence-corrected chi connectivity index (χ3v) is 6.87. The number of carbonyl (C=O) groups excluding carboxylic acids is 1. The third-order valence-electron chi connectivity index (χ3n) is 4.78. The van der Waals surface area contributed by atoms with Crippen molar-refractivity contribution in [1.29, 1.82) is 0 Å². The molecule has 1 fully saturated rings. The fourth-order valence-electron chi connectivity index (χ4n) is 3.38. The van der Waals surface area contributed by atoms with Crippen LogP contribution in [0.4, 0.5) is 0 Å². The number of ether oxygens (including phenoxy) is 1. The van der Waals surface area contributed by atoms with Crippen LogP contribution >= 0.6 is 23.1 Å². The van der Waals surface area contributed by atoms with Gasteiger partial charge in [-0.05, 0) is 57.4 Å². The number of esters is 1. The molecule has 0 saturated heterocycles. The van der Waals surface area contributed by atoms with Crippen LogP contribution in [0.1, 0.15) is 62.2 Å². The Morgan fingerprint density at radius 2 is 2.12 bits per heavy atom. The van der Waals surface area contributed by atoms with Crippen LogP contribution in [-0.4, -0.2) is 27.8 Å². The molecule has 2 aliphatic carbocycles. The number of thiophene rings is 1. The molecular weight excluding hydrogens is 352 g/mol. The highest BCUT2D eigenvalue weighted by Crippen LogP contribution is 2.44. The lowest BCUT2D eigenvalue weighted by Gasteiger charge is -2.18. The summed E-state index contributed by atoms with van der Waals surface area (Å²) >= 11 is 3.36. The van der Waals surface area contributed by atoms with Crippen molar-refractivity contribution in [2.24, 2.45) is 5.92 Å². The summed E-state index contributed by atoms with van der Waals surface area (Å²) in [5.74, 6) is 2.38. The first-order valence-corrected chi connectivity index (χ1v) is 11.0. The summed E-state index contributed by atoms with van der Waals surface area (Å²) in [6, 6.07) is 0. The number of hydrogen-bond donors (Lipinski definition) is 0. The smallest absolute Gasteiger partial charge is 0.316 e. The van der Waals surface area contributed by atoms with E-state index in [0.717, 1.165) is 34.4 Å². The fraction of sp³-hybridized carbons (Fsp3) is 0.632. The van der Waals surface area contributed by atoms with Crippen molar-refractivity contribution in [3.63, 3.8) is 0 Å². The Labute approximate surface area is 156 Å². The van der Waals surface area contributed by atoms with Crippen LogP contribution in [0, 0.1) is 5.92 Å². The third kappa shape index (κ3) is 3.70. The zero-order valence-corrected chi connectivity index (χ0v) is 16.6. The fourth-order valence-corrected chi connectivity index (χ4v) is 5.68. The summed E-state index contributed by atoms with van der Waals surface area (Å²) in [5, 5.41) is 2.19. The minimum absolute atomic E-state index is 0.0732. The van der Waals surface area contributed by atoms with Crippen molar-refractivity contribution in [2.45, 2.75) is 69.9 Å². The maximum atomic E-state index is 12.0. The molecular formula is C19H24N2O2S2. The molecule has 2 aromatic rings. The summed E-state index contributed by atoms with van der Waals surface area (Å²) in [4.78, 5) is 24.3. The second-order valence-electron chi connectivity index (χ2n) is 7.52. The second-order valence-corrected chi connectivity index (χ2v) is 9.57. The number of nitrogens with zero attached hydrogens (tertiary/aromatic N) is 2. The van der Waals surface area contributed by atoms with Crippen LogP contribution in [0.2, 0.25) is 0 Å². The maximum Gasteiger partial charge on any atom is 0.316 e. The van der Waals surface area contributed by atoms with E-state index in [1.807, 2.05) is 25.2 Å². The molecule has 0 aliphatic heterocycles. The molecule has 25 heavy (non-hydrogen) atoms. The molecule has 0 N–H and O–H groups in total. The Balaban J connectivity index is 1.69. The van der Waals surface area contributed by atoms with Gasteiger partial charge in [-0.3, -0.25) is 4.79 Å². The normalized spacial score (nSPS) is 20.1. The standard InChI is InChI=1S/C19H24N2O2S2/c1-10(2)23-15(22)9-24-18-16-13-7-4-11(3)8-14(13)25-19(16)21-17(20-18)12-5-6-12/h10-12H,4-9H2,1-3H3/t11-/m0/s1. The molecule has 1 saturated carbocycles. The lowest BCUT2D eigenvalue weighted by Crippen LogP contribution is -2.13. The van der Waals surface area contributed by atoms with Crippen LogP contribution in [0.5, 0.6) is 0 Å². The van der Waals surface area contributed by atoms with E-state index in [1.54, 1.807) is 0 Å². The summed E-state index contributed by atoms with van der Waals surface area (Å²) in [6.07, 6.45) is 5.78. The summed E-state index contributed by atoms with van der Waals surface area (Å²) in [7, 11) is 0. The van der Waals surface area contributed by atoms with Gasteiger partial charge in [0.1, 0.15) is 15.7 Å². The molecule has 0 spiro atoms. The topological polar surface area (TPSA) is 52.1 Å². The van der Waals surface area contributed by atoms with E-state index in [-0.39, 0.29) is 12.1 Å². The number of aromatic nitrogens is 2. The van der Waals surface area contributed by atoms with Gasteiger partial charge in [-0.25, -0.2) is 9.97 Å². The van der Waals surface area contributed by atoms with E-state index in [4.69, 9.17) is 14.7 Å². The summed E-state index contributed by atoms with van der Waals surface area (Å²) in [6.45, 7) is 6.09. The van der Waals surface area contributed by atoms with Gasteiger partial charge in [0.15, 0.2) is 0 Å². The summed E-state index contributed by atoms with van der Waals surface area (Å²) < 4.78 is 5.28. The van der Waals surface area contributed by atoms with Crippen molar-refractivity contribution < 1.29 is 9.53 Å². The van der Waals surface area contributed by atoms with Crippen molar-refractivity contribution in [3.8, 4) is 0 Å². The monoisotopic (exact) mass is 376 g/mol. The molecule has 0 aromatic carbocycles. The maximum absolute atomic E-state index is 12.0. The van der Waals surface area contributed by atoms with Gasteiger partial charge < -0.3 is 4.74 Å². The van der Waals surface area contributed by atoms with Crippen LogP contribution in [-0.2, 0) is 22.4 Å². The molecule has 134 valence electrons. The average molecular weight is 377 g/mol. The molecule has 0 radical (unpaired) electrons. The summed E-state index contributed by atoms with van der Waals surface area (Å²) in [5.41, 5.74) is 1.43. The van der Waals surface area contributed by atoms with Crippen molar-refractivity contribution in [3.05, 3.63) is 16.3 Å². The number of thioether (sulfide) groups is 1. The molecule has 6 heteroatoms. The van der Waals surface area contributed by atoms with Crippen LogP contribution < -0.4 is 0 Å². The molecule has 2 aromatic heterocycles. The predicted molar refractivity (Wildman–Crippen MR) is 103 cm³/mol. The van der Waals surface area contributed by atoms with E-state index < -0.39 is 0 Å². The van der Waals surface area contributed by atoms with Crippen LogP contribution in [0.15, 0.2) is 5.03 Å². The van der Waals surface area contributed by atoms with Gasteiger partial charge in [-0.15, -0.1) is 11.3 Å². The van der Waals surface area contributed by atoms with Gasteiger partial charge in [0.05, 0.1) is 11.9 Å². The van der Waals surface area contributed by atoms with Gasteiger partial charge in [-0.2, -0.15) is 0 Å². The Morgan fingerprint density at radius 3 is 2.84 bits per heavy atom. The number of fused-ring (bicyclic) bond motifs is 3. The molecule has 0 amide bonds. The quantitative estimate of drug-likeness (QED) is 0.429. The Bertz CT molecular complexity index is 811. The highest BCUT2D eigenvalue weighted by molar-refractivity contribution is 8.00.